The molecule has 0 aromatic carbocycles. The Hall–Kier alpha value is -1.41. The predicted octanol–water partition coefficient (Wildman–Crippen LogP) is 3.25. The molecule has 0 aliphatic heterocycles. The average Bonchev–Trinajstić information content (AvgIpc) is 2.80. The lowest BCUT2D eigenvalue weighted by molar-refractivity contribution is -0.110. The number of aliphatic hydroxyl groups excluding tert-OH is 1. The highest BCUT2D eigenvalue weighted by molar-refractivity contribution is 6.01. The van der Waals surface area contributed by atoms with Crippen molar-refractivity contribution in [2.75, 3.05) is 0 Å². The molecular weight excluding hydrogens is 248 g/mol. The first kappa shape index (κ1) is 12.3. The van der Waals surface area contributed by atoms with E-state index in [2.05, 4.69) is 19.1 Å². The zero-order valence-electron chi connectivity index (χ0n) is 11.9. The molecule has 0 radical (unpaired) electrons. The number of rotatable bonds is 0. The van der Waals surface area contributed by atoms with E-state index in [9.17, 15) is 9.90 Å². The molecule has 2 nitrogen and oxygen atoms in total. The second-order valence-corrected chi connectivity index (χ2v) is 6.73. The summed E-state index contributed by atoms with van der Waals surface area (Å²) in [7, 11) is 0. The molecule has 0 aromatic heterocycles. The first-order chi connectivity index (χ1) is 9.58. The molecule has 0 saturated heterocycles. The van der Waals surface area contributed by atoms with Gasteiger partial charge in [0.05, 0.1) is 6.10 Å². The van der Waals surface area contributed by atoms with Crippen LogP contribution in [0.5, 0.6) is 0 Å². The molecule has 20 heavy (non-hydrogen) atoms. The van der Waals surface area contributed by atoms with Crippen LogP contribution in [-0.4, -0.2) is 17.0 Å². The molecule has 3 atom stereocenters. The summed E-state index contributed by atoms with van der Waals surface area (Å²) < 4.78 is 0. The van der Waals surface area contributed by atoms with E-state index in [0.717, 1.165) is 32.1 Å². The number of carbonyl (C=O) groups is 1. The molecule has 0 fully saturated rings. The minimum absolute atomic E-state index is 0.0547. The molecule has 0 heterocycles. The number of aliphatic hydroxyl groups is 1. The number of carbonyl (C=O) groups excluding carboxylic acids is 1. The predicted molar refractivity (Wildman–Crippen MR) is 78.0 cm³/mol. The fraction of sp³-hybridized carbons (Fsp3) is 0.500. The van der Waals surface area contributed by atoms with Crippen LogP contribution in [0.2, 0.25) is 0 Å². The summed E-state index contributed by atoms with van der Waals surface area (Å²) in [5.41, 5.74) is 5.61. The van der Waals surface area contributed by atoms with Crippen molar-refractivity contribution in [1.29, 1.82) is 0 Å². The van der Waals surface area contributed by atoms with E-state index in [-0.39, 0.29) is 17.3 Å². The van der Waals surface area contributed by atoms with Crippen molar-refractivity contribution in [3.05, 3.63) is 46.6 Å². The summed E-state index contributed by atoms with van der Waals surface area (Å²) in [6.45, 7) is 2.25. The Kier molecular flexibility index (Phi) is 2.50. The molecule has 0 amide bonds. The Balaban J connectivity index is 1.85. The maximum atomic E-state index is 11.6. The molecule has 0 aromatic rings. The first-order valence-electron chi connectivity index (χ1n) is 7.65. The molecular formula is C18H20O2. The summed E-state index contributed by atoms with van der Waals surface area (Å²) in [5.74, 6) is 0.692. The van der Waals surface area contributed by atoms with Crippen molar-refractivity contribution in [2.24, 2.45) is 11.3 Å². The van der Waals surface area contributed by atoms with E-state index in [1.54, 1.807) is 6.08 Å². The van der Waals surface area contributed by atoms with Crippen molar-refractivity contribution in [3.8, 4) is 0 Å². The summed E-state index contributed by atoms with van der Waals surface area (Å²) in [6, 6.07) is 0. The topological polar surface area (TPSA) is 37.3 Å². The fourth-order valence-corrected chi connectivity index (χ4v) is 4.57. The van der Waals surface area contributed by atoms with Crippen LogP contribution in [0.15, 0.2) is 46.6 Å². The monoisotopic (exact) mass is 268 g/mol. The van der Waals surface area contributed by atoms with Crippen LogP contribution < -0.4 is 0 Å². The van der Waals surface area contributed by atoms with Crippen molar-refractivity contribution in [2.45, 2.75) is 45.1 Å². The fourth-order valence-electron chi connectivity index (χ4n) is 4.57. The van der Waals surface area contributed by atoms with Crippen LogP contribution in [0.4, 0.5) is 0 Å². The van der Waals surface area contributed by atoms with Crippen LogP contribution in [0.1, 0.15) is 39.0 Å². The summed E-state index contributed by atoms with van der Waals surface area (Å²) >= 11 is 0. The third-order valence-corrected chi connectivity index (χ3v) is 5.63. The second kappa shape index (κ2) is 4.05. The Morgan fingerprint density at radius 1 is 1.30 bits per heavy atom. The highest BCUT2D eigenvalue weighted by Crippen LogP contribution is 2.55. The van der Waals surface area contributed by atoms with Gasteiger partial charge in [0.2, 0.25) is 0 Å². The van der Waals surface area contributed by atoms with Gasteiger partial charge in [-0.2, -0.15) is 0 Å². The molecule has 0 saturated carbocycles. The van der Waals surface area contributed by atoms with Gasteiger partial charge >= 0.3 is 0 Å². The average molecular weight is 268 g/mol. The number of hydrogen-bond acceptors (Lipinski definition) is 2. The summed E-state index contributed by atoms with van der Waals surface area (Å²) in [6.07, 6.45) is 12.7. The summed E-state index contributed by atoms with van der Waals surface area (Å²) in [5, 5.41) is 9.91. The maximum absolute atomic E-state index is 11.6. The van der Waals surface area contributed by atoms with E-state index in [0.29, 0.717) is 5.92 Å². The van der Waals surface area contributed by atoms with Gasteiger partial charge in [0.15, 0.2) is 5.78 Å². The van der Waals surface area contributed by atoms with E-state index >= 15 is 0 Å². The second-order valence-electron chi connectivity index (χ2n) is 6.73. The quantitative estimate of drug-likeness (QED) is 0.732. The van der Waals surface area contributed by atoms with Crippen LogP contribution in [0, 0.1) is 11.3 Å². The van der Waals surface area contributed by atoms with Gasteiger partial charge in [-0.25, -0.2) is 0 Å². The minimum Gasteiger partial charge on any atom is -0.389 e. The van der Waals surface area contributed by atoms with Gasteiger partial charge in [0, 0.05) is 5.41 Å². The molecule has 4 rings (SSSR count). The summed E-state index contributed by atoms with van der Waals surface area (Å²) in [4.78, 5) is 11.6. The van der Waals surface area contributed by atoms with Gasteiger partial charge in [-0.1, -0.05) is 23.3 Å². The third kappa shape index (κ3) is 1.58. The highest BCUT2D eigenvalue weighted by atomic mass is 16.3. The van der Waals surface area contributed by atoms with Crippen molar-refractivity contribution >= 4 is 5.78 Å². The lowest BCUT2D eigenvalue weighted by Crippen LogP contribution is -2.31. The van der Waals surface area contributed by atoms with Crippen LogP contribution >= 0.6 is 0 Å². The van der Waals surface area contributed by atoms with Crippen LogP contribution in [0.25, 0.3) is 0 Å². The lowest BCUT2D eigenvalue weighted by Gasteiger charge is -2.43. The largest absolute Gasteiger partial charge is 0.389 e. The molecule has 4 aliphatic carbocycles. The zero-order chi connectivity index (χ0) is 13.9. The smallest absolute Gasteiger partial charge is 0.178 e. The molecule has 104 valence electrons. The lowest BCUT2D eigenvalue weighted by atomic mass is 9.60. The molecule has 1 N–H and O–H groups in total. The van der Waals surface area contributed by atoms with E-state index in [1.165, 1.54) is 22.3 Å². The van der Waals surface area contributed by atoms with Crippen molar-refractivity contribution in [3.63, 3.8) is 0 Å². The highest BCUT2D eigenvalue weighted by Gasteiger charge is 2.43. The first-order valence-corrected chi connectivity index (χ1v) is 7.65. The molecule has 4 aliphatic rings. The normalized spacial score (nSPS) is 39.0. The maximum Gasteiger partial charge on any atom is 0.178 e. The van der Waals surface area contributed by atoms with Crippen molar-refractivity contribution in [1.82, 2.24) is 0 Å². The Morgan fingerprint density at radius 3 is 3.00 bits per heavy atom. The van der Waals surface area contributed by atoms with Crippen LogP contribution in [-0.2, 0) is 4.79 Å². The van der Waals surface area contributed by atoms with Gasteiger partial charge in [-0.3, -0.25) is 4.79 Å². The number of fused-ring (bicyclic) bond motifs is 4. The molecule has 0 bridgehead atoms. The number of allylic oxidation sites excluding steroid dienone is 7. The Bertz CT molecular complexity index is 617. The van der Waals surface area contributed by atoms with E-state index in [4.69, 9.17) is 0 Å². The molecule has 3 unspecified atom stereocenters. The van der Waals surface area contributed by atoms with E-state index in [1.807, 2.05) is 6.08 Å². The minimum atomic E-state index is -0.255. The number of hydrogen-bond donors (Lipinski definition) is 1. The number of ketones is 1. The van der Waals surface area contributed by atoms with Gasteiger partial charge in [0.25, 0.3) is 0 Å². The van der Waals surface area contributed by atoms with Gasteiger partial charge in [0.1, 0.15) is 0 Å². The van der Waals surface area contributed by atoms with E-state index < -0.39 is 0 Å². The molecule has 0 spiro atoms. The standard InChI is InChI=1S/C18H20O2/c1-18-7-6-13(19)9-12(18)3-4-15-16-10-14(20)8-11(16)2-5-17(15)18/h6-7,9-11,14,20H,2-5,8H2,1H3. The zero-order valence-corrected chi connectivity index (χ0v) is 11.9. The molecule has 2 heteroatoms. The Labute approximate surface area is 119 Å². The van der Waals surface area contributed by atoms with Crippen LogP contribution in [0.3, 0.4) is 0 Å². The third-order valence-electron chi connectivity index (χ3n) is 5.63. The van der Waals surface area contributed by atoms with Crippen molar-refractivity contribution < 1.29 is 9.90 Å². The van der Waals surface area contributed by atoms with Gasteiger partial charge < -0.3 is 5.11 Å². The van der Waals surface area contributed by atoms with Gasteiger partial charge in [-0.05, 0) is 68.2 Å². The van der Waals surface area contributed by atoms with Gasteiger partial charge in [-0.15, -0.1) is 0 Å². The SMILES string of the molecule is CC12C=CC(=O)C=C1CCC1=C2CCC2CC(O)C=C12. The Morgan fingerprint density at radius 2 is 2.15 bits per heavy atom.